The average molecular weight is 400 g/mol. The van der Waals surface area contributed by atoms with Gasteiger partial charge in [0, 0.05) is 18.4 Å². The molecule has 26 heavy (non-hydrogen) atoms. The summed E-state index contributed by atoms with van der Waals surface area (Å²) >= 11 is 5.92. The predicted molar refractivity (Wildman–Crippen MR) is 96.1 cm³/mol. The smallest absolute Gasteiger partial charge is 0.340 e. The Kier molecular flexibility index (Phi) is 6.04. The Morgan fingerprint density at radius 3 is 2.62 bits per heavy atom. The number of hydrogen-bond donors (Lipinski definition) is 1. The minimum absolute atomic E-state index is 0.0284. The monoisotopic (exact) mass is 399 g/mol. The summed E-state index contributed by atoms with van der Waals surface area (Å²) in [7, 11) is -3.51. The number of benzene rings is 1. The Balaban J connectivity index is 2.04. The normalized spacial score (nSPS) is 11.4. The molecule has 1 N–H and O–H groups in total. The van der Waals surface area contributed by atoms with E-state index in [0.717, 1.165) is 12.3 Å². The maximum Gasteiger partial charge on any atom is 0.340 e. The lowest BCUT2D eigenvalue weighted by Crippen LogP contribution is -2.23. The number of halogens is 1. The largest absolute Gasteiger partial charge is 0.452 e. The molecule has 0 fully saturated rings. The van der Waals surface area contributed by atoms with E-state index < -0.39 is 28.3 Å². The molecule has 8 nitrogen and oxygen atoms in total. The van der Waals surface area contributed by atoms with Gasteiger partial charge in [-0.1, -0.05) is 11.6 Å². The molecular weight excluding hydrogens is 382 g/mol. The molecule has 2 rings (SSSR count). The summed E-state index contributed by atoms with van der Waals surface area (Å²) in [5.74, 6) is -0.984. The van der Waals surface area contributed by atoms with Crippen molar-refractivity contribution in [2.24, 2.45) is 0 Å². The van der Waals surface area contributed by atoms with Crippen molar-refractivity contribution in [1.29, 1.82) is 0 Å². The van der Waals surface area contributed by atoms with Crippen molar-refractivity contribution in [3.63, 3.8) is 0 Å². The van der Waals surface area contributed by atoms with Crippen molar-refractivity contribution in [2.45, 2.75) is 24.8 Å². The van der Waals surface area contributed by atoms with Gasteiger partial charge >= 0.3 is 5.97 Å². The number of amides is 1. The van der Waals surface area contributed by atoms with Gasteiger partial charge in [-0.15, -0.1) is 0 Å². The first-order valence-electron chi connectivity index (χ1n) is 7.59. The lowest BCUT2D eigenvalue weighted by molar-refractivity contribution is -0.119. The Bertz CT molecular complexity index is 937. The first-order valence-corrected chi connectivity index (χ1v) is 9.86. The van der Waals surface area contributed by atoms with Crippen LogP contribution in [0.5, 0.6) is 0 Å². The van der Waals surface area contributed by atoms with Crippen molar-refractivity contribution in [1.82, 2.24) is 9.78 Å². The molecular formula is C16H18ClN3O5S. The third-order valence-corrected chi connectivity index (χ3v) is 4.79. The van der Waals surface area contributed by atoms with Crippen molar-refractivity contribution >= 4 is 39.1 Å². The Morgan fingerprint density at radius 1 is 1.31 bits per heavy atom. The van der Waals surface area contributed by atoms with E-state index in [1.54, 1.807) is 10.7 Å². The molecule has 0 saturated carbocycles. The van der Waals surface area contributed by atoms with Gasteiger partial charge in [0.25, 0.3) is 5.91 Å². The second kappa shape index (κ2) is 7.88. The molecule has 0 atom stereocenters. The zero-order chi connectivity index (χ0) is 19.5. The van der Waals surface area contributed by atoms with E-state index in [-0.39, 0.29) is 21.5 Å². The molecule has 0 unspecified atom stereocenters. The van der Waals surface area contributed by atoms with Crippen LogP contribution in [0.15, 0.2) is 35.4 Å². The van der Waals surface area contributed by atoms with E-state index >= 15 is 0 Å². The van der Waals surface area contributed by atoms with Gasteiger partial charge in [0.1, 0.15) is 5.82 Å². The highest BCUT2D eigenvalue weighted by Crippen LogP contribution is 2.21. The predicted octanol–water partition coefficient (Wildman–Crippen LogP) is 2.32. The van der Waals surface area contributed by atoms with Crippen LogP contribution in [-0.4, -0.2) is 42.9 Å². The van der Waals surface area contributed by atoms with Crippen LogP contribution in [0.4, 0.5) is 5.82 Å². The van der Waals surface area contributed by atoms with Crippen LogP contribution in [0, 0.1) is 0 Å². The molecule has 1 heterocycles. The fourth-order valence-corrected chi connectivity index (χ4v) is 2.95. The maximum atomic E-state index is 12.1. The van der Waals surface area contributed by atoms with Gasteiger partial charge in [0.15, 0.2) is 16.4 Å². The summed E-state index contributed by atoms with van der Waals surface area (Å²) in [6.07, 6.45) is 2.55. The summed E-state index contributed by atoms with van der Waals surface area (Å²) < 4.78 is 29.7. The van der Waals surface area contributed by atoms with Crippen LogP contribution in [0.25, 0.3) is 0 Å². The lowest BCUT2D eigenvalue weighted by atomic mass is 10.2. The topological polar surface area (TPSA) is 107 Å². The zero-order valence-electron chi connectivity index (χ0n) is 14.4. The number of carbonyl (C=O) groups excluding carboxylic acids is 2. The molecule has 10 heteroatoms. The molecule has 0 aliphatic heterocycles. The Labute approximate surface area is 156 Å². The third kappa shape index (κ3) is 4.83. The van der Waals surface area contributed by atoms with Crippen molar-refractivity contribution in [3.8, 4) is 0 Å². The maximum absolute atomic E-state index is 12.1. The molecule has 0 bridgehead atoms. The highest BCUT2D eigenvalue weighted by molar-refractivity contribution is 7.90. The number of esters is 1. The van der Waals surface area contributed by atoms with Crippen LogP contribution in [0.2, 0.25) is 5.02 Å². The van der Waals surface area contributed by atoms with Gasteiger partial charge in [-0.25, -0.2) is 17.9 Å². The Hall–Kier alpha value is -2.39. The Morgan fingerprint density at radius 2 is 2.00 bits per heavy atom. The van der Waals surface area contributed by atoms with Gasteiger partial charge in [-0.05, 0) is 32.0 Å². The molecule has 1 amide bonds. The summed E-state index contributed by atoms with van der Waals surface area (Å²) in [6, 6.07) is 5.35. The number of carbonyl (C=O) groups is 2. The van der Waals surface area contributed by atoms with Crippen molar-refractivity contribution < 1.29 is 22.7 Å². The highest BCUT2D eigenvalue weighted by Gasteiger charge is 2.18. The number of sulfone groups is 1. The second-order valence-electron chi connectivity index (χ2n) is 5.79. The van der Waals surface area contributed by atoms with Crippen LogP contribution in [0.1, 0.15) is 30.2 Å². The van der Waals surface area contributed by atoms with Crippen molar-refractivity contribution in [3.05, 3.63) is 41.0 Å². The van der Waals surface area contributed by atoms with Crippen LogP contribution < -0.4 is 5.32 Å². The van der Waals surface area contributed by atoms with Crippen LogP contribution in [-0.2, 0) is 19.4 Å². The molecule has 0 aliphatic rings. The molecule has 0 saturated heterocycles. The SMILES string of the molecule is CC(C)n1nccc1NC(=O)COC(=O)c1cc(S(C)(=O)=O)ccc1Cl. The van der Waals surface area contributed by atoms with Gasteiger partial charge in [0.05, 0.1) is 21.7 Å². The van der Waals surface area contributed by atoms with E-state index in [9.17, 15) is 18.0 Å². The van der Waals surface area contributed by atoms with E-state index in [1.807, 2.05) is 13.8 Å². The second-order valence-corrected chi connectivity index (χ2v) is 8.22. The molecule has 1 aromatic carbocycles. The molecule has 2 aromatic rings. The zero-order valence-corrected chi connectivity index (χ0v) is 16.0. The number of ether oxygens (including phenoxy) is 1. The molecule has 1 aromatic heterocycles. The summed E-state index contributed by atoms with van der Waals surface area (Å²) in [4.78, 5) is 24.0. The molecule has 0 radical (unpaired) electrons. The number of rotatable bonds is 6. The first-order chi connectivity index (χ1) is 12.1. The molecule has 140 valence electrons. The van der Waals surface area contributed by atoms with Gasteiger partial charge in [-0.2, -0.15) is 5.10 Å². The highest BCUT2D eigenvalue weighted by atomic mass is 35.5. The van der Waals surface area contributed by atoms with E-state index in [0.29, 0.717) is 5.82 Å². The van der Waals surface area contributed by atoms with Crippen LogP contribution in [0.3, 0.4) is 0 Å². The average Bonchev–Trinajstić information content (AvgIpc) is 3.00. The first kappa shape index (κ1) is 19.9. The van der Waals surface area contributed by atoms with Gasteiger partial charge in [-0.3, -0.25) is 4.79 Å². The minimum atomic E-state index is -3.51. The number of nitrogens with zero attached hydrogens (tertiary/aromatic N) is 2. The fraction of sp³-hybridized carbons (Fsp3) is 0.312. The number of aromatic nitrogens is 2. The van der Waals surface area contributed by atoms with E-state index in [1.165, 1.54) is 18.3 Å². The molecule has 0 aliphatic carbocycles. The van der Waals surface area contributed by atoms with Gasteiger partial charge < -0.3 is 10.1 Å². The van der Waals surface area contributed by atoms with Crippen molar-refractivity contribution in [2.75, 3.05) is 18.2 Å². The van der Waals surface area contributed by atoms with E-state index in [2.05, 4.69) is 10.4 Å². The number of hydrogen-bond acceptors (Lipinski definition) is 6. The summed E-state index contributed by atoms with van der Waals surface area (Å²) in [5.41, 5.74) is -0.130. The van der Waals surface area contributed by atoms with E-state index in [4.69, 9.17) is 16.3 Å². The minimum Gasteiger partial charge on any atom is -0.452 e. The van der Waals surface area contributed by atoms with Gasteiger partial charge in [0.2, 0.25) is 0 Å². The molecule has 0 spiro atoms. The number of anilines is 1. The summed E-state index contributed by atoms with van der Waals surface area (Å²) in [6.45, 7) is 3.25. The fourth-order valence-electron chi connectivity index (χ4n) is 2.10. The lowest BCUT2D eigenvalue weighted by Gasteiger charge is -2.12. The summed E-state index contributed by atoms with van der Waals surface area (Å²) in [5, 5.41) is 6.69. The quantitative estimate of drug-likeness (QED) is 0.747. The third-order valence-electron chi connectivity index (χ3n) is 3.35. The van der Waals surface area contributed by atoms with Crippen LogP contribution >= 0.6 is 11.6 Å². The standard InChI is InChI=1S/C16H18ClN3O5S/c1-10(2)20-14(6-7-18-20)19-15(21)9-25-16(22)12-8-11(26(3,23)24)4-5-13(12)17/h4-8,10H,9H2,1-3H3,(H,19,21). The number of nitrogens with one attached hydrogen (secondary N) is 1.